The van der Waals surface area contributed by atoms with Gasteiger partial charge in [-0.2, -0.15) is 4.31 Å². The summed E-state index contributed by atoms with van der Waals surface area (Å²) in [6, 6.07) is 7.83. The molecule has 0 fully saturated rings. The van der Waals surface area contributed by atoms with E-state index in [-0.39, 0.29) is 28.0 Å². The molecule has 2 aromatic rings. The summed E-state index contributed by atoms with van der Waals surface area (Å²) in [7, 11) is -3.04. The number of sulfonamides is 1. The highest BCUT2D eigenvalue weighted by Gasteiger charge is 2.30. The molecule has 0 aromatic heterocycles. The standard InChI is InChI=1S/C17H17Cl2N3O6S/c1-3-21(10-16(23)20-17-12(18)5-4-6-13(17)19)29(26,27)15-9-11(22(24)25)7-8-14(15)28-2/h4-9H,3,10H2,1-2H3,(H,20,23). The van der Waals surface area contributed by atoms with Gasteiger partial charge < -0.3 is 10.1 Å². The first-order valence-electron chi connectivity index (χ1n) is 8.18. The molecule has 0 heterocycles. The van der Waals surface area contributed by atoms with Crippen molar-refractivity contribution in [3.8, 4) is 5.75 Å². The van der Waals surface area contributed by atoms with Crippen molar-refractivity contribution in [2.24, 2.45) is 0 Å². The van der Waals surface area contributed by atoms with Crippen LogP contribution in [0.1, 0.15) is 6.92 Å². The number of nitro groups is 1. The number of halogens is 2. The zero-order valence-electron chi connectivity index (χ0n) is 15.4. The molecule has 156 valence electrons. The van der Waals surface area contributed by atoms with Gasteiger partial charge in [0.15, 0.2) is 0 Å². The molecule has 0 bridgehead atoms. The molecule has 2 aromatic carbocycles. The fraction of sp³-hybridized carbons (Fsp3) is 0.235. The lowest BCUT2D eigenvalue weighted by molar-refractivity contribution is -0.385. The largest absolute Gasteiger partial charge is 0.495 e. The van der Waals surface area contributed by atoms with Crippen molar-refractivity contribution in [1.29, 1.82) is 0 Å². The Morgan fingerprint density at radius 2 is 1.86 bits per heavy atom. The number of rotatable bonds is 8. The second kappa shape index (κ2) is 9.40. The summed E-state index contributed by atoms with van der Waals surface area (Å²) in [5, 5.41) is 13.9. The average Bonchev–Trinajstić information content (AvgIpc) is 2.68. The third kappa shape index (κ3) is 5.15. The summed E-state index contributed by atoms with van der Waals surface area (Å²) < 4.78 is 31.9. The molecular weight excluding hydrogens is 445 g/mol. The number of ether oxygens (including phenoxy) is 1. The summed E-state index contributed by atoms with van der Waals surface area (Å²) in [6.07, 6.45) is 0. The molecule has 0 radical (unpaired) electrons. The first-order chi connectivity index (χ1) is 13.6. The summed E-state index contributed by atoms with van der Waals surface area (Å²) in [4.78, 5) is 22.3. The lowest BCUT2D eigenvalue weighted by Crippen LogP contribution is -2.38. The number of benzene rings is 2. The Hall–Kier alpha value is -2.40. The maximum absolute atomic E-state index is 13.0. The highest BCUT2D eigenvalue weighted by molar-refractivity contribution is 7.89. The van der Waals surface area contributed by atoms with Crippen molar-refractivity contribution in [3.63, 3.8) is 0 Å². The van der Waals surface area contributed by atoms with Crippen LogP contribution in [0.4, 0.5) is 11.4 Å². The van der Waals surface area contributed by atoms with Crippen molar-refractivity contribution >= 4 is 50.5 Å². The molecule has 1 amide bonds. The molecule has 0 aliphatic carbocycles. The van der Waals surface area contributed by atoms with Crippen LogP contribution in [0.15, 0.2) is 41.3 Å². The molecule has 0 saturated carbocycles. The molecule has 0 unspecified atom stereocenters. The maximum atomic E-state index is 13.0. The second-order valence-corrected chi connectivity index (χ2v) is 8.39. The fourth-order valence-electron chi connectivity index (χ4n) is 2.44. The van der Waals surface area contributed by atoms with Gasteiger partial charge in [-0.25, -0.2) is 8.42 Å². The molecule has 29 heavy (non-hydrogen) atoms. The number of carbonyl (C=O) groups excluding carboxylic acids is 1. The first kappa shape index (κ1) is 22.9. The molecule has 2 rings (SSSR count). The molecule has 0 saturated heterocycles. The Morgan fingerprint density at radius 1 is 1.24 bits per heavy atom. The lowest BCUT2D eigenvalue weighted by Gasteiger charge is -2.21. The van der Waals surface area contributed by atoms with Crippen molar-refractivity contribution < 1.29 is 22.9 Å². The highest BCUT2D eigenvalue weighted by Crippen LogP contribution is 2.32. The monoisotopic (exact) mass is 461 g/mol. The van der Waals surface area contributed by atoms with E-state index in [1.807, 2.05) is 0 Å². The SMILES string of the molecule is CCN(CC(=O)Nc1c(Cl)cccc1Cl)S(=O)(=O)c1cc([N+](=O)[O-])ccc1OC. The Kier molecular flexibility index (Phi) is 7.42. The van der Waals surface area contributed by atoms with Crippen molar-refractivity contribution in [3.05, 3.63) is 56.6 Å². The van der Waals surface area contributed by atoms with Gasteiger partial charge in [-0.05, 0) is 18.2 Å². The van der Waals surface area contributed by atoms with E-state index < -0.39 is 38.0 Å². The third-order valence-electron chi connectivity index (χ3n) is 3.88. The van der Waals surface area contributed by atoms with E-state index >= 15 is 0 Å². The Balaban J connectivity index is 2.34. The number of anilines is 1. The minimum Gasteiger partial charge on any atom is -0.495 e. The van der Waals surface area contributed by atoms with Crippen LogP contribution in [0, 0.1) is 10.1 Å². The van der Waals surface area contributed by atoms with Crippen LogP contribution in [-0.2, 0) is 14.8 Å². The average molecular weight is 462 g/mol. The number of hydrogen-bond acceptors (Lipinski definition) is 6. The predicted molar refractivity (Wildman–Crippen MR) is 109 cm³/mol. The molecule has 1 N–H and O–H groups in total. The van der Waals surface area contributed by atoms with E-state index in [4.69, 9.17) is 27.9 Å². The van der Waals surface area contributed by atoms with Gasteiger partial charge in [0.2, 0.25) is 15.9 Å². The number of hydrogen-bond donors (Lipinski definition) is 1. The smallest absolute Gasteiger partial charge is 0.271 e. The minimum absolute atomic E-state index is 0.0716. The van der Waals surface area contributed by atoms with Crippen molar-refractivity contribution in [2.75, 3.05) is 25.5 Å². The number of nitro benzene ring substituents is 1. The number of methoxy groups -OCH3 is 1. The van der Waals surface area contributed by atoms with Gasteiger partial charge in [-0.15, -0.1) is 0 Å². The van der Waals surface area contributed by atoms with Crippen LogP contribution in [0.2, 0.25) is 10.0 Å². The van der Waals surface area contributed by atoms with Crippen LogP contribution in [0.3, 0.4) is 0 Å². The summed E-state index contributed by atoms with van der Waals surface area (Å²) in [6.45, 7) is 0.890. The van der Waals surface area contributed by atoms with Crippen LogP contribution in [-0.4, -0.2) is 43.8 Å². The second-order valence-electron chi connectivity index (χ2n) is 5.67. The van der Waals surface area contributed by atoms with Crippen LogP contribution in [0.25, 0.3) is 0 Å². The third-order valence-corrected chi connectivity index (χ3v) is 6.45. The lowest BCUT2D eigenvalue weighted by atomic mass is 10.3. The van der Waals surface area contributed by atoms with Gasteiger partial charge in [0.25, 0.3) is 5.69 Å². The number of nitrogens with one attached hydrogen (secondary N) is 1. The molecule has 12 heteroatoms. The zero-order chi connectivity index (χ0) is 21.8. The van der Waals surface area contributed by atoms with E-state index in [1.54, 1.807) is 6.07 Å². The van der Waals surface area contributed by atoms with Gasteiger partial charge in [-0.3, -0.25) is 14.9 Å². The quantitative estimate of drug-likeness (QED) is 0.473. The molecule has 0 spiro atoms. The topological polar surface area (TPSA) is 119 Å². The number of amides is 1. The molecular formula is C17H17Cl2N3O6S. The molecule has 9 nitrogen and oxygen atoms in total. The summed E-state index contributed by atoms with van der Waals surface area (Å²) in [5.74, 6) is -0.765. The fourth-order valence-corrected chi connectivity index (χ4v) is 4.52. The summed E-state index contributed by atoms with van der Waals surface area (Å²) in [5.41, 5.74) is -0.269. The van der Waals surface area contributed by atoms with Crippen molar-refractivity contribution in [2.45, 2.75) is 11.8 Å². The van der Waals surface area contributed by atoms with E-state index in [2.05, 4.69) is 5.32 Å². The van der Waals surface area contributed by atoms with Gasteiger partial charge in [0, 0.05) is 18.7 Å². The number of non-ortho nitro benzene ring substituents is 1. The number of likely N-dealkylation sites (N-methyl/N-ethyl adjacent to an activating group) is 1. The Labute approximate surface area is 177 Å². The minimum atomic E-state index is -4.28. The van der Waals surface area contributed by atoms with Crippen LogP contribution >= 0.6 is 23.2 Å². The molecule has 0 aliphatic heterocycles. The normalized spacial score (nSPS) is 11.3. The van der Waals surface area contributed by atoms with Gasteiger partial charge in [-0.1, -0.05) is 36.2 Å². The Morgan fingerprint density at radius 3 is 2.38 bits per heavy atom. The van der Waals surface area contributed by atoms with E-state index in [0.29, 0.717) is 0 Å². The molecule has 0 atom stereocenters. The maximum Gasteiger partial charge on any atom is 0.271 e. The van der Waals surface area contributed by atoms with Gasteiger partial charge in [0.1, 0.15) is 10.6 Å². The van der Waals surface area contributed by atoms with Crippen molar-refractivity contribution in [1.82, 2.24) is 4.31 Å². The zero-order valence-corrected chi connectivity index (χ0v) is 17.7. The van der Waals surface area contributed by atoms with E-state index in [0.717, 1.165) is 16.4 Å². The first-order valence-corrected chi connectivity index (χ1v) is 10.4. The number of nitrogens with zero attached hydrogens (tertiary/aromatic N) is 2. The van der Waals surface area contributed by atoms with Gasteiger partial charge >= 0.3 is 0 Å². The van der Waals surface area contributed by atoms with E-state index in [9.17, 15) is 23.3 Å². The predicted octanol–water partition coefficient (Wildman–Crippen LogP) is 3.56. The van der Waals surface area contributed by atoms with Crippen LogP contribution in [0.5, 0.6) is 5.75 Å². The summed E-state index contributed by atoms with van der Waals surface area (Å²) >= 11 is 12.0. The van der Waals surface area contributed by atoms with Gasteiger partial charge in [0.05, 0.1) is 34.3 Å². The number of para-hydroxylation sites is 1. The Bertz CT molecular complexity index is 1030. The highest BCUT2D eigenvalue weighted by atomic mass is 35.5. The number of carbonyl (C=O) groups is 1. The van der Waals surface area contributed by atoms with Crippen LogP contribution < -0.4 is 10.1 Å². The van der Waals surface area contributed by atoms with E-state index in [1.165, 1.54) is 32.2 Å². The molecule has 0 aliphatic rings.